The standard InChI is InChI=1S/C14H17F2NO2/c1-14(2)6-5-10(18)8-17(14)13(19)11-4-3-9(15)7-12(11)16/h3-4,7,10,18H,5-6,8H2,1-2H3. The molecule has 0 bridgehead atoms. The number of nitrogens with zero attached hydrogens (tertiary/aromatic N) is 1. The maximum Gasteiger partial charge on any atom is 0.257 e. The predicted molar refractivity (Wildman–Crippen MR) is 66.7 cm³/mol. The molecule has 104 valence electrons. The van der Waals surface area contributed by atoms with E-state index in [2.05, 4.69) is 0 Å². The van der Waals surface area contributed by atoms with E-state index in [-0.39, 0.29) is 12.1 Å². The summed E-state index contributed by atoms with van der Waals surface area (Å²) in [5, 5.41) is 9.67. The molecule has 1 aromatic rings. The van der Waals surface area contributed by atoms with Crippen molar-refractivity contribution in [1.29, 1.82) is 0 Å². The number of aliphatic hydroxyl groups is 1. The monoisotopic (exact) mass is 269 g/mol. The maximum atomic E-state index is 13.7. The highest BCUT2D eigenvalue weighted by molar-refractivity contribution is 5.95. The average Bonchev–Trinajstić information content (AvgIpc) is 2.31. The first-order valence-electron chi connectivity index (χ1n) is 6.26. The average molecular weight is 269 g/mol. The number of carbonyl (C=O) groups is 1. The van der Waals surface area contributed by atoms with Crippen LogP contribution in [-0.4, -0.2) is 34.1 Å². The minimum absolute atomic E-state index is 0.163. The lowest BCUT2D eigenvalue weighted by molar-refractivity contribution is 0.00124. The Kier molecular flexibility index (Phi) is 3.58. The summed E-state index contributed by atoms with van der Waals surface area (Å²) >= 11 is 0. The number of hydrogen-bond acceptors (Lipinski definition) is 2. The van der Waals surface area contributed by atoms with E-state index in [9.17, 15) is 18.7 Å². The summed E-state index contributed by atoms with van der Waals surface area (Å²) < 4.78 is 26.5. The van der Waals surface area contributed by atoms with Gasteiger partial charge in [-0.1, -0.05) is 0 Å². The van der Waals surface area contributed by atoms with Crippen LogP contribution in [0, 0.1) is 11.6 Å². The van der Waals surface area contributed by atoms with Crippen molar-refractivity contribution in [3.05, 3.63) is 35.4 Å². The van der Waals surface area contributed by atoms with Crippen molar-refractivity contribution in [2.75, 3.05) is 6.54 Å². The van der Waals surface area contributed by atoms with Gasteiger partial charge in [-0.15, -0.1) is 0 Å². The Morgan fingerprint density at radius 3 is 2.74 bits per heavy atom. The van der Waals surface area contributed by atoms with Crippen LogP contribution < -0.4 is 0 Å². The lowest BCUT2D eigenvalue weighted by Crippen LogP contribution is -2.54. The van der Waals surface area contributed by atoms with E-state index in [4.69, 9.17) is 0 Å². The van der Waals surface area contributed by atoms with Crippen LogP contribution in [0.5, 0.6) is 0 Å². The molecule has 0 saturated carbocycles. The summed E-state index contributed by atoms with van der Waals surface area (Å²) in [6.45, 7) is 3.92. The first-order valence-corrected chi connectivity index (χ1v) is 6.26. The molecule has 1 saturated heterocycles. The first kappa shape index (κ1) is 13.9. The highest BCUT2D eigenvalue weighted by Gasteiger charge is 2.37. The molecule has 1 aliphatic rings. The number of halogens is 2. The van der Waals surface area contributed by atoms with Gasteiger partial charge in [0.05, 0.1) is 11.7 Å². The number of aliphatic hydroxyl groups excluding tert-OH is 1. The van der Waals surface area contributed by atoms with Crippen LogP contribution >= 0.6 is 0 Å². The Morgan fingerprint density at radius 2 is 2.11 bits per heavy atom. The molecule has 1 fully saturated rings. The largest absolute Gasteiger partial charge is 0.391 e. The molecule has 1 heterocycles. The third kappa shape index (κ3) is 2.76. The molecule has 0 spiro atoms. The number of piperidine rings is 1. The fourth-order valence-corrected chi connectivity index (χ4v) is 2.37. The Balaban J connectivity index is 2.31. The second-order valence-electron chi connectivity index (χ2n) is 5.54. The fraction of sp³-hybridized carbons (Fsp3) is 0.500. The zero-order valence-corrected chi connectivity index (χ0v) is 11.0. The van der Waals surface area contributed by atoms with Crippen LogP contribution in [0.3, 0.4) is 0 Å². The van der Waals surface area contributed by atoms with Gasteiger partial charge in [-0.25, -0.2) is 8.78 Å². The molecule has 1 unspecified atom stereocenters. The predicted octanol–water partition coefficient (Wildman–Crippen LogP) is 2.34. The molecule has 0 aliphatic carbocycles. The molecule has 1 atom stereocenters. The fourth-order valence-electron chi connectivity index (χ4n) is 2.37. The summed E-state index contributed by atoms with van der Waals surface area (Å²) in [5.41, 5.74) is -0.611. The second kappa shape index (κ2) is 4.89. The molecule has 0 radical (unpaired) electrons. The molecular weight excluding hydrogens is 252 g/mol. The zero-order chi connectivity index (χ0) is 14.2. The number of hydrogen-bond donors (Lipinski definition) is 1. The third-order valence-electron chi connectivity index (χ3n) is 3.62. The van der Waals surface area contributed by atoms with Crippen molar-refractivity contribution in [3.63, 3.8) is 0 Å². The lowest BCUT2D eigenvalue weighted by Gasteiger charge is -2.44. The molecule has 0 aromatic heterocycles. The SMILES string of the molecule is CC1(C)CCC(O)CN1C(=O)c1ccc(F)cc1F. The summed E-state index contributed by atoms with van der Waals surface area (Å²) in [7, 11) is 0. The summed E-state index contributed by atoms with van der Waals surface area (Å²) in [5.74, 6) is -2.10. The van der Waals surface area contributed by atoms with E-state index in [1.54, 1.807) is 0 Å². The van der Waals surface area contributed by atoms with E-state index in [0.717, 1.165) is 12.1 Å². The second-order valence-corrected chi connectivity index (χ2v) is 5.54. The lowest BCUT2D eigenvalue weighted by atomic mass is 9.88. The van der Waals surface area contributed by atoms with Crippen molar-refractivity contribution < 1.29 is 18.7 Å². The third-order valence-corrected chi connectivity index (χ3v) is 3.62. The molecule has 3 nitrogen and oxygen atoms in total. The van der Waals surface area contributed by atoms with Crippen LogP contribution in [-0.2, 0) is 0 Å². The molecule has 1 aromatic carbocycles. The van der Waals surface area contributed by atoms with Crippen LogP contribution in [0.2, 0.25) is 0 Å². The first-order chi connectivity index (χ1) is 8.81. The molecular formula is C14H17F2NO2. The van der Waals surface area contributed by atoms with Crippen LogP contribution in [0.25, 0.3) is 0 Å². The van der Waals surface area contributed by atoms with Gasteiger partial charge in [-0.05, 0) is 38.8 Å². The summed E-state index contributed by atoms with van der Waals surface area (Å²) in [6.07, 6.45) is 0.659. The molecule has 5 heteroatoms. The number of likely N-dealkylation sites (tertiary alicyclic amines) is 1. The highest BCUT2D eigenvalue weighted by atomic mass is 19.1. The van der Waals surface area contributed by atoms with Gasteiger partial charge < -0.3 is 10.0 Å². The summed E-state index contributed by atoms with van der Waals surface area (Å²) in [6, 6.07) is 2.90. The van der Waals surface area contributed by atoms with E-state index in [1.165, 1.54) is 4.90 Å². The summed E-state index contributed by atoms with van der Waals surface area (Å²) in [4.78, 5) is 13.8. The van der Waals surface area contributed by atoms with Crippen LogP contribution in [0.15, 0.2) is 18.2 Å². The van der Waals surface area contributed by atoms with Crippen molar-refractivity contribution in [2.45, 2.75) is 38.3 Å². The van der Waals surface area contributed by atoms with Crippen LogP contribution in [0.4, 0.5) is 8.78 Å². The smallest absolute Gasteiger partial charge is 0.257 e. The Labute approximate surface area is 110 Å². The molecule has 1 N–H and O–H groups in total. The van der Waals surface area contributed by atoms with Crippen molar-refractivity contribution in [2.24, 2.45) is 0 Å². The van der Waals surface area contributed by atoms with Gasteiger partial charge in [0.1, 0.15) is 11.6 Å². The maximum absolute atomic E-state index is 13.7. The van der Waals surface area contributed by atoms with Gasteiger partial charge in [-0.2, -0.15) is 0 Å². The molecule has 1 amide bonds. The Morgan fingerprint density at radius 1 is 1.42 bits per heavy atom. The zero-order valence-electron chi connectivity index (χ0n) is 11.0. The Hall–Kier alpha value is -1.49. The molecule has 1 aliphatic heterocycles. The van der Waals surface area contributed by atoms with E-state index >= 15 is 0 Å². The van der Waals surface area contributed by atoms with Gasteiger partial charge in [-0.3, -0.25) is 4.79 Å². The number of rotatable bonds is 1. The topological polar surface area (TPSA) is 40.5 Å². The molecule has 2 rings (SSSR count). The van der Waals surface area contributed by atoms with Crippen LogP contribution in [0.1, 0.15) is 37.0 Å². The normalized spacial score (nSPS) is 22.4. The van der Waals surface area contributed by atoms with Gasteiger partial charge in [0, 0.05) is 18.2 Å². The van der Waals surface area contributed by atoms with E-state index in [1.807, 2.05) is 13.8 Å². The highest BCUT2D eigenvalue weighted by Crippen LogP contribution is 2.29. The number of β-amino-alcohol motifs (C(OH)–C–C–N with tert-alkyl or cyclic N) is 1. The minimum Gasteiger partial charge on any atom is -0.391 e. The number of carbonyl (C=O) groups excluding carboxylic acids is 1. The minimum atomic E-state index is -0.874. The van der Waals surface area contributed by atoms with Crippen molar-refractivity contribution in [1.82, 2.24) is 4.90 Å². The number of amides is 1. The van der Waals surface area contributed by atoms with Gasteiger partial charge in [0.25, 0.3) is 5.91 Å². The number of benzene rings is 1. The van der Waals surface area contributed by atoms with E-state index < -0.39 is 29.2 Å². The Bertz CT molecular complexity index is 502. The quantitative estimate of drug-likeness (QED) is 0.850. The van der Waals surface area contributed by atoms with Gasteiger partial charge >= 0.3 is 0 Å². The van der Waals surface area contributed by atoms with E-state index in [0.29, 0.717) is 18.9 Å². The van der Waals surface area contributed by atoms with Gasteiger partial charge in [0.15, 0.2) is 0 Å². The van der Waals surface area contributed by atoms with Gasteiger partial charge in [0.2, 0.25) is 0 Å². The van der Waals surface area contributed by atoms with Crippen molar-refractivity contribution >= 4 is 5.91 Å². The molecule has 19 heavy (non-hydrogen) atoms. The van der Waals surface area contributed by atoms with Crippen molar-refractivity contribution in [3.8, 4) is 0 Å².